The Morgan fingerprint density at radius 3 is 2.95 bits per heavy atom. The van der Waals surface area contributed by atoms with Gasteiger partial charge in [0.1, 0.15) is 0 Å². The van der Waals surface area contributed by atoms with Gasteiger partial charge in [0.15, 0.2) is 0 Å². The van der Waals surface area contributed by atoms with E-state index in [9.17, 15) is 8.42 Å². The number of rotatable bonds is 7. The van der Waals surface area contributed by atoms with Crippen LogP contribution in [-0.4, -0.2) is 32.5 Å². The van der Waals surface area contributed by atoms with Gasteiger partial charge in [0.2, 0.25) is 10.0 Å². The Labute approximate surface area is 129 Å². The lowest BCUT2D eigenvalue weighted by Gasteiger charge is -2.12. The third kappa shape index (κ3) is 4.21. The van der Waals surface area contributed by atoms with E-state index in [-0.39, 0.29) is 6.04 Å². The van der Waals surface area contributed by atoms with Crippen LogP contribution in [0.5, 0.6) is 0 Å². The van der Waals surface area contributed by atoms with Crippen molar-refractivity contribution < 1.29 is 8.42 Å². The second-order valence-electron chi connectivity index (χ2n) is 4.99. The zero-order valence-corrected chi connectivity index (χ0v) is 14.3. The van der Waals surface area contributed by atoms with Crippen LogP contribution >= 0.6 is 23.1 Å². The van der Waals surface area contributed by atoms with Crippen molar-refractivity contribution in [2.45, 2.75) is 48.9 Å². The molecule has 0 aromatic carbocycles. The van der Waals surface area contributed by atoms with Crippen molar-refractivity contribution >= 4 is 33.1 Å². The van der Waals surface area contributed by atoms with Crippen molar-refractivity contribution in [1.29, 1.82) is 0 Å². The van der Waals surface area contributed by atoms with Gasteiger partial charge in [0.05, 0.1) is 4.90 Å². The molecule has 0 amide bonds. The van der Waals surface area contributed by atoms with Crippen LogP contribution in [0.4, 0.5) is 0 Å². The molecule has 2 rings (SSSR count). The van der Waals surface area contributed by atoms with Crippen LogP contribution in [0.3, 0.4) is 0 Å². The van der Waals surface area contributed by atoms with Gasteiger partial charge in [-0.1, -0.05) is 6.92 Å². The maximum Gasteiger partial charge on any atom is 0.241 e. The summed E-state index contributed by atoms with van der Waals surface area (Å²) in [5.74, 6) is 1.10. The fourth-order valence-corrected chi connectivity index (χ4v) is 6.20. The summed E-state index contributed by atoms with van der Waals surface area (Å²) in [6.45, 7) is 2.86. The monoisotopic (exact) mass is 334 g/mol. The number of thioether (sulfide) groups is 1. The minimum atomic E-state index is -3.36. The number of hydrogen-bond acceptors (Lipinski definition) is 5. The number of nitrogens with one attached hydrogen (secondary N) is 2. The number of thiophene rings is 1. The van der Waals surface area contributed by atoms with Crippen LogP contribution in [0.2, 0.25) is 0 Å². The molecule has 0 saturated heterocycles. The van der Waals surface area contributed by atoms with Crippen molar-refractivity contribution in [3.63, 3.8) is 0 Å². The Bertz CT molecular complexity index is 527. The summed E-state index contributed by atoms with van der Waals surface area (Å²) >= 11 is 3.42. The average molecular weight is 335 g/mol. The van der Waals surface area contributed by atoms with E-state index in [4.69, 9.17) is 0 Å². The van der Waals surface area contributed by atoms with Crippen LogP contribution in [0.15, 0.2) is 16.3 Å². The van der Waals surface area contributed by atoms with E-state index in [1.54, 1.807) is 11.4 Å². The van der Waals surface area contributed by atoms with Crippen LogP contribution in [0.1, 0.15) is 31.1 Å². The molecule has 1 aliphatic rings. The second-order valence-corrected chi connectivity index (χ2v) is 9.27. The van der Waals surface area contributed by atoms with E-state index in [0.29, 0.717) is 16.7 Å². The molecule has 1 aromatic heterocycles. The predicted molar refractivity (Wildman–Crippen MR) is 87.0 cm³/mol. The standard InChI is InChI=1S/C13H22N2O2S3/c1-3-18-11-5-4-10(6-11)15-20(16,17)13-7-12(8-14-2)19-9-13/h7,9-11,14-15H,3-6,8H2,1-2H3. The van der Waals surface area contributed by atoms with E-state index in [2.05, 4.69) is 17.0 Å². The third-order valence-electron chi connectivity index (χ3n) is 3.40. The maximum atomic E-state index is 12.3. The van der Waals surface area contributed by atoms with Gasteiger partial charge in [0, 0.05) is 28.1 Å². The minimum absolute atomic E-state index is 0.0942. The lowest BCUT2D eigenvalue weighted by molar-refractivity contribution is 0.553. The van der Waals surface area contributed by atoms with Gasteiger partial charge in [-0.15, -0.1) is 11.3 Å². The summed E-state index contributed by atoms with van der Waals surface area (Å²) < 4.78 is 27.5. The molecule has 4 nitrogen and oxygen atoms in total. The first-order chi connectivity index (χ1) is 9.55. The van der Waals surface area contributed by atoms with E-state index in [1.165, 1.54) is 11.3 Å². The van der Waals surface area contributed by atoms with Gasteiger partial charge in [-0.25, -0.2) is 13.1 Å². The predicted octanol–water partition coefficient (Wildman–Crippen LogP) is 2.42. The summed E-state index contributed by atoms with van der Waals surface area (Å²) in [5.41, 5.74) is 0. The van der Waals surface area contributed by atoms with Crippen molar-refractivity contribution in [1.82, 2.24) is 10.0 Å². The molecule has 0 radical (unpaired) electrons. The van der Waals surface area contributed by atoms with E-state index in [0.717, 1.165) is 29.9 Å². The summed E-state index contributed by atoms with van der Waals surface area (Å²) in [6, 6.07) is 1.85. The molecule has 0 aliphatic heterocycles. The van der Waals surface area contributed by atoms with Gasteiger partial charge < -0.3 is 5.32 Å². The molecule has 0 bridgehead atoms. The van der Waals surface area contributed by atoms with Gasteiger partial charge in [-0.2, -0.15) is 11.8 Å². The van der Waals surface area contributed by atoms with Crippen LogP contribution in [0.25, 0.3) is 0 Å². The Kier molecular flexibility index (Phi) is 5.92. The molecule has 20 heavy (non-hydrogen) atoms. The second kappa shape index (κ2) is 7.26. The first-order valence-corrected chi connectivity index (χ1v) is 10.3. The fraction of sp³-hybridized carbons (Fsp3) is 0.692. The Hall–Kier alpha value is -0.0800. The highest BCUT2D eigenvalue weighted by molar-refractivity contribution is 7.99. The molecule has 2 unspecified atom stereocenters. The molecular formula is C13H22N2O2S3. The summed E-state index contributed by atoms with van der Waals surface area (Å²) in [7, 11) is -1.50. The SMILES string of the molecule is CCSC1CCC(NS(=O)(=O)c2csc(CNC)c2)C1. The smallest absolute Gasteiger partial charge is 0.241 e. The normalized spacial score (nSPS) is 23.3. The van der Waals surface area contributed by atoms with Crippen molar-refractivity contribution in [3.05, 3.63) is 16.3 Å². The van der Waals surface area contributed by atoms with Crippen molar-refractivity contribution in [2.24, 2.45) is 0 Å². The van der Waals surface area contributed by atoms with E-state index < -0.39 is 10.0 Å². The van der Waals surface area contributed by atoms with Crippen molar-refractivity contribution in [3.8, 4) is 0 Å². The molecule has 1 heterocycles. The quantitative estimate of drug-likeness (QED) is 0.804. The van der Waals surface area contributed by atoms with Gasteiger partial charge in [-0.3, -0.25) is 0 Å². The van der Waals surface area contributed by atoms with Crippen LogP contribution in [0, 0.1) is 0 Å². The van der Waals surface area contributed by atoms with Gasteiger partial charge in [0.25, 0.3) is 0 Å². The molecule has 1 saturated carbocycles. The molecule has 1 fully saturated rings. The van der Waals surface area contributed by atoms with Crippen LogP contribution in [-0.2, 0) is 16.6 Å². The molecule has 114 valence electrons. The van der Waals surface area contributed by atoms with Gasteiger partial charge in [-0.05, 0) is 38.1 Å². The maximum absolute atomic E-state index is 12.3. The summed E-state index contributed by atoms with van der Waals surface area (Å²) in [5, 5.41) is 5.37. The van der Waals surface area contributed by atoms with E-state index >= 15 is 0 Å². The summed E-state index contributed by atoms with van der Waals surface area (Å²) in [4.78, 5) is 1.44. The Balaban J connectivity index is 1.97. The molecule has 7 heteroatoms. The average Bonchev–Trinajstić information content (AvgIpc) is 3.00. The number of sulfonamides is 1. The Morgan fingerprint density at radius 2 is 2.25 bits per heavy atom. The Morgan fingerprint density at radius 1 is 1.45 bits per heavy atom. The van der Waals surface area contributed by atoms with Crippen molar-refractivity contribution in [2.75, 3.05) is 12.8 Å². The highest BCUT2D eigenvalue weighted by Gasteiger charge is 2.29. The zero-order chi connectivity index (χ0) is 14.6. The molecule has 2 N–H and O–H groups in total. The molecular weight excluding hydrogens is 312 g/mol. The highest BCUT2D eigenvalue weighted by atomic mass is 32.2. The van der Waals surface area contributed by atoms with E-state index in [1.807, 2.05) is 18.8 Å². The largest absolute Gasteiger partial charge is 0.315 e. The lowest BCUT2D eigenvalue weighted by Crippen LogP contribution is -2.32. The topological polar surface area (TPSA) is 58.2 Å². The first kappa shape index (κ1) is 16.3. The van der Waals surface area contributed by atoms with Crippen LogP contribution < -0.4 is 10.0 Å². The number of hydrogen-bond donors (Lipinski definition) is 2. The highest BCUT2D eigenvalue weighted by Crippen LogP contribution is 2.30. The minimum Gasteiger partial charge on any atom is -0.315 e. The lowest BCUT2D eigenvalue weighted by atomic mass is 10.3. The molecule has 1 aliphatic carbocycles. The molecule has 1 aromatic rings. The van der Waals surface area contributed by atoms with Gasteiger partial charge >= 0.3 is 0 Å². The zero-order valence-electron chi connectivity index (χ0n) is 11.9. The summed E-state index contributed by atoms with van der Waals surface area (Å²) in [6.07, 6.45) is 3.01. The first-order valence-electron chi connectivity index (χ1n) is 6.91. The molecule has 0 spiro atoms. The fourth-order valence-electron chi connectivity index (χ4n) is 2.49. The molecule has 2 atom stereocenters. The third-order valence-corrected chi connectivity index (χ3v) is 7.22.